The number of Topliss-reactive ketones (excluding diaryl/α,β-unsaturated/α-hetero) is 1. The van der Waals surface area contributed by atoms with Crippen LogP contribution in [-0.2, 0) is 17.8 Å². The van der Waals surface area contributed by atoms with Crippen LogP contribution in [0.5, 0.6) is 5.75 Å². The zero-order valence-corrected chi connectivity index (χ0v) is 21.3. The van der Waals surface area contributed by atoms with Crippen molar-refractivity contribution >= 4 is 22.7 Å². The molecule has 2 aromatic carbocycles. The van der Waals surface area contributed by atoms with Gasteiger partial charge in [0.25, 0.3) is 0 Å². The van der Waals surface area contributed by atoms with Crippen molar-refractivity contribution in [3.8, 4) is 28.1 Å². The molecule has 0 atom stereocenters. The van der Waals surface area contributed by atoms with E-state index in [9.17, 15) is 24.6 Å². The maximum absolute atomic E-state index is 13.7. The molecule has 190 valence electrons. The summed E-state index contributed by atoms with van der Waals surface area (Å²) in [6, 6.07) is 12.5. The fourth-order valence-electron chi connectivity index (χ4n) is 5.43. The van der Waals surface area contributed by atoms with Crippen LogP contribution >= 0.6 is 0 Å². The second-order valence-corrected chi connectivity index (χ2v) is 10.7. The number of carbonyl (C=O) groups excluding carboxylic acids is 1. The van der Waals surface area contributed by atoms with Crippen LogP contribution in [0.1, 0.15) is 53.9 Å². The minimum atomic E-state index is -0.968. The minimum Gasteiger partial charge on any atom is -0.506 e. The molecule has 7 heteroatoms. The first kappa shape index (κ1) is 24.6. The molecule has 7 nitrogen and oxygen atoms in total. The van der Waals surface area contributed by atoms with Gasteiger partial charge in [0.2, 0.25) is 0 Å². The number of rotatable bonds is 5. The predicted octanol–water partition coefficient (Wildman–Crippen LogP) is 5.88. The monoisotopic (exact) mass is 499 g/mol. The number of aliphatic carboxylic acids is 1. The summed E-state index contributed by atoms with van der Waals surface area (Å²) in [5.74, 6) is -1.37. The Morgan fingerprint density at radius 3 is 2.43 bits per heavy atom. The molecular weight excluding hydrogens is 470 g/mol. The lowest BCUT2D eigenvalue weighted by Crippen LogP contribution is -2.28. The number of carbonyl (C=O) groups is 2. The Balaban J connectivity index is 1.95. The SMILES string of the molecule is Cc1ccc(-c2c(-c3c(O)c4ccccc4oc3=O)c3c(n2CCC(=O)O)CC(C)(C)CC3=O)cc1C. The Morgan fingerprint density at radius 2 is 1.73 bits per heavy atom. The van der Waals surface area contributed by atoms with Crippen molar-refractivity contribution in [2.24, 2.45) is 5.41 Å². The Bertz CT molecular complexity index is 1650. The average Bonchev–Trinajstić information content (AvgIpc) is 3.12. The van der Waals surface area contributed by atoms with E-state index < -0.39 is 11.6 Å². The van der Waals surface area contributed by atoms with Gasteiger partial charge in [-0.3, -0.25) is 9.59 Å². The van der Waals surface area contributed by atoms with E-state index in [4.69, 9.17) is 4.42 Å². The molecule has 0 aliphatic heterocycles. The minimum absolute atomic E-state index is 0.0784. The number of aromatic nitrogens is 1. The Morgan fingerprint density at radius 1 is 1.00 bits per heavy atom. The van der Waals surface area contributed by atoms with E-state index >= 15 is 0 Å². The van der Waals surface area contributed by atoms with E-state index in [0.29, 0.717) is 34.3 Å². The molecule has 2 heterocycles. The van der Waals surface area contributed by atoms with E-state index in [1.165, 1.54) is 0 Å². The first-order chi connectivity index (χ1) is 17.5. The van der Waals surface area contributed by atoms with Gasteiger partial charge in [-0.25, -0.2) is 4.79 Å². The first-order valence-corrected chi connectivity index (χ1v) is 12.3. The van der Waals surface area contributed by atoms with Gasteiger partial charge in [0.05, 0.1) is 17.5 Å². The van der Waals surface area contributed by atoms with E-state index in [1.54, 1.807) is 24.3 Å². The smallest absolute Gasteiger partial charge is 0.348 e. The van der Waals surface area contributed by atoms with Crippen LogP contribution in [0.15, 0.2) is 51.7 Å². The third kappa shape index (κ3) is 4.14. The zero-order valence-electron chi connectivity index (χ0n) is 21.3. The molecule has 0 saturated heterocycles. The number of fused-ring (bicyclic) bond motifs is 2. The molecule has 0 unspecified atom stereocenters. The predicted molar refractivity (Wildman–Crippen MR) is 141 cm³/mol. The highest BCUT2D eigenvalue weighted by atomic mass is 16.4. The van der Waals surface area contributed by atoms with Crippen molar-refractivity contribution in [3.63, 3.8) is 0 Å². The number of aryl methyl sites for hydroxylation is 2. The zero-order chi connectivity index (χ0) is 26.6. The molecule has 0 fully saturated rings. The first-order valence-electron chi connectivity index (χ1n) is 12.3. The van der Waals surface area contributed by atoms with Crippen LogP contribution in [0.25, 0.3) is 33.4 Å². The van der Waals surface area contributed by atoms with E-state index in [1.807, 2.05) is 50.5 Å². The lowest BCUT2D eigenvalue weighted by Gasteiger charge is -2.30. The fourth-order valence-corrected chi connectivity index (χ4v) is 5.43. The number of hydrogen-bond donors (Lipinski definition) is 2. The van der Waals surface area contributed by atoms with Gasteiger partial charge in [-0.05, 0) is 60.6 Å². The van der Waals surface area contributed by atoms with Crippen molar-refractivity contribution in [2.75, 3.05) is 0 Å². The Kier molecular flexibility index (Phi) is 5.82. The van der Waals surface area contributed by atoms with Crippen LogP contribution < -0.4 is 5.63 Å². The van der Waals surface area contributed by atoms with Crippen molar-refractivity contribution in [2.45, 2.75) is 53.5 Å². The number of benzene rings is 2. The molecule has 5 rings (SSSR count). The van der Waals surface area contributed by atoms with Crippen LogP contribution in [0.4, 0.5) is 0 Å². The summed E-state index contributed by atoms with van der Waals surface area (Å²) >= 11 is 0. The molecule has 0 amide bonds. The fraction of sp³-hybridized carbons (Fsp3) is 0.300. The molecule has 0 saturated carbocycles. The number of aromatic hydroxyl groups is 1. The van der Waals surface area contributed by atoms with E-state index in [0.717, 1.165) is 16.7 Å². The van der Waals surface area contributed by atoms with Gasteiger partial charge in [-0.2, -0.15) is 0 Å². The van der Waals surface area contributed by atoms with Gasteiger partial charge in [0, 0.05) is 29.8 Å². The maximum atomic E-state index is 13.7. The van der Waals surface area contributed by atoms with E-state index in [2.05, 4.69) is 0 Å². The normalized spacial score (nSPS) is 14.6. The van der Waals surface area contributed by atoms with Gasteiger partial charge in [0.1, 0.15) is 16.9 Å². The molecule has 0 spiro atoms. The second-order valence-electron chi connectivity index (χ2n) is 10.7. The summed E-state index contributed by atoms with van der Waals surface area (Å²) in [4.78, 5) is 38.7. The molecule has 2 aromatic heterocycles. The molecule has 0 radical (unpaired) electrons. The summed E-state index contributed by atoms with van der Waals surface area (Å²) in [6.45, 7) is 8.07. The molecule has 37 heavy (non-hydrogen) atoms. The Hall–Kier alpha value is -4.13. The number of carboxylic acid groups (broad SMARTS) is 1. The number of hydrogen-bond acceptors (Lipinski definition) is 5. The number of ketones is 1. The standard InChI is InChI=1S/C30H29NO6/c1-16-9-10-18(13-17(16)2)27-25(26-28(35)19-7-5-6-8-22(19)37-29(26)36)24-20(31(27)12-11-23(33)34)14-30(3,4)15-21(24)32/h5-10,13,35H,11-12,14-15H2,1-4H3,(H,33,34). The van der Waals surface area contributed by atoms with E-state index in [-0.39, 0.29) is 47.5 Å². The summed E-state index contributed by atoms with van der Waals surface area (Å²) in [6.07, 6.45) is 0.624. The highest BCUT2D eigenvalue weighted by molar-refractivity contribution is 6.10. The Labute approximate surface area is 214 Å². The summed E-state index contributed by atoms with van der Waals surface area (Å²) in [7, 11) is 0. The van der Waals surface area contributed by atoms with Gasteiger partial charge >= 0.3 is 11.6 Å². The molecule has 1 aliphatic rings. The van der Waals surface area contributed by atoms with Gasteiger partial charge < -0.3 is 19.2 Å². The lowest BCUT2D eigenvalue weighted by molar-refractivity contribution is -0.137. The quantitative estimate of drug-likeness (QED) is 0.332. The largest absolute Gasteiger partial charge is 0.506 e. The van der Waals surface area contributed by atoms with Crippen molar-refractivity contribution in [1.29, 1.82) is 0 Å². The maximum Gasteiger partial charge on any atom is 0.348 e. The summed E-state index contributed by atoms with van der Waals surface area (Å²) < 4.78 is 7.46. The summed E-state index contributed by atoms with van der Waals surface area (Å²) in [5, 5.41) is 21.3. The third-order valence-corrected chi connectivity index (χ3v) is 7.30. The number of para-hydroxylation sites is 1. The van der Waals surface area contributed by atoms with Crippen molar-refractivity contribution in [3.05, 3.63) is 75.3 Å². The average molecular weight is 500 g/mol. The molecular formula is C30H29NO6. The molecule has 0 bridgehead atoms. The van der Waals surface area contributed by atoms with Gasteiger partial charge in [-0.1, -0.05) is 38.1 Å². The van der Waals surface area contributed by atoms with Crippen molar-refractivity contribution < 1.29 is 24.2 Å². The van der Waals surface area contributed by atoms with Crippen LogP contribution in [0, 0.1) is 19.3 Å². The molecule has 4 aromatic rings. The molecule has 1 aliphatic carbocycles. The highest BCUT2D eigenvalue weighted by Crippen LogP contribution is 2.48. The van der Waals surface area contributed by atoms with Gasteiger partial charge in [-0.15, -0.1) is 0 Å². The summed E-state index contributed by atoms with van der Waals surface area (Å²) in [5.41, 5.74) is 3.76. The van der Waals surface area contributed by atoms with Crippen LogP contribution in [0.3, 0.4) is 0 Å². The number of carboxylic acids is 1. The molecule has 2 N–H and O–H groups in total. The lowest BCUT2D eigenvalue weighted by atomic mass is 9.75. The van der Waals surface area contributed by atoms with Gasteiger partial charge in [0.15, 0.2) is 5.78 Å². The van der Waals surface area contributed by atoms with Crippen molar-refractivity contribution in [1.82, 2.24) is 4.57 Å². The topological polar surface area (TPSA) is 110 Å². The third-order valence-electron chi connectivity index (χ3n) is 7.30. The highest BCUT2D eigenvalue weighted by Gasteiger charge is 2.40. The van der Waals surface area contributed by atoms with Crippen LogP contribution in [0.2, 0.25) is 0 Å². The number of nitrogens with zero attached hydrogens (tertiary/aromatic N) is 1. The second kappa shape index (κ2) is 8.76. The van der Waals surface area contributed by atoms with Crippen LogP contribution in [-0.4, -0.2) is 26.5 Å².